The number of hydrogen-bond acceptors (Lipinski definition) is 3. The van der Waals surface area contributed by atoms with Crippen LogP contribution in [0.25, 0.3) is 0 Å². The molecule has 1 unspecified atom stereocenters. The molecule has 0 aliphatic carbocycles. The number of rotatable bonds is 4. The Kier molecular flexibility index (Phi) is 4.86. The smallest absolute Gasteiger partial charge is 0.302 e. The number of carbonyl (C=O) groups is 2. The van der Waals surface area contributed by atoms with E-state index >= 15 is 0 Å². The maximum Gasteiger partial charge on any atom is 0.302 e. The van der Waals surface area contributed by atoms with Gasteiger partial charge in [-0.1, -0.05) is 6.92 Å². The van der Waals surface area contributed by atoms with Crippen LogP contribution in [0, 0.1) is 0 Å². The first-order valence-electron chi connectivity index (χ1n) is 3.38. The summed E-state index contributed by atoms with van der Waals surface area (Å²) in [5.41, 5.74) is 0. The van der Waals surface area contributed by atoms with Gasteiger partial charge in [0.15, 0.2) is 5.78 Å². The third kappa shape index (κ3) is 4.79. The Labute approximate surface area is 70.7 Å². The molecule has 0 aromatic rings. The highest BCUT2D eigenvalue weighted by atomic mass is 35.5. The van der Waals surface area contributed by atoms with Crippen LogP contribution in [0.5, 0.6) is 0 Å². The van der Waals surface area contributed by atoms with Crippen molar-refractivity contribution in [2.24, 2.45) is 0 Å². The average molecular weight is 179 g/mol. The molecule has 64 valence electrons. The topological polar surface area (TPSA) is 43.4 Å². The molecule has 0 bridgehead atoms. The highest BCUT2D eigenvalue weighted by Crippen LogP contribution is 2.01. The van der Waals surface area contributed by atoms with Gasteiger partial charge in [0, 0.05) is 13.3 Å². The Bertz CT molecular complexity index is 156. The Hall–Kier alpha value is -0.570. The molecule has 0 saturated heterocycles. The zero-order valence-electron chi connectivity index (χ0n) is 6.59. The fourth-order valence-electron chi connectivity index (χ4n) is 0.505. The van der Waals surface area contributed by atoms with E-state index in [1.54, 1.807) is 6.92 Å². The molecule has 0 aliphatic heterocycles. The second-order valence-corrected chi connectivity index (χ2v) is 2.62. The minimum Gasteiger partial charge on any atom is -0.464 e. The van der Waals surface area contributed by atoms with Crippen LogP contribution in [-0.2, 0) is 14.3 Å². The molecule has 0 heterocycles. The fraction of sp³-hybridized carbons (Fsp3) is 0.714. The summed E-state index contributed by atoms with van der Waals surface area (Å²) in [4.78, 5) is 21.1. The monoisotopic (exact) mass is 178 g/mol. The van der Waals surface area contributed by atoms with Crippen molar-refractivity contribution in [1.82, 2.24) is 0 Å². The van der Waals surface area contributed by atoms with E-state index in [1.165, 1.54) is 6.92 Å². The van der Waals surface area contributed by atoms with Gasteiger partial charge < -0.3 is 4.74 Å². The number of carbonyl (C=O) groups excluding carboxylic acids is 2. The molecule has 3 nitrogen and oxygen atoms in total. The number of Topliss-reactive ketones (excluding diaryl/α,β-unsaturated/α-hetero) is 1. The van der Waals surface area contributed by atoms with Gasteiger partial charge in [0.25, 0.3) is 0 Å². The van der Waals surface area contributed by atoms with Crippen LogP contribution in [0.15, 0.2) is 0 Å². The zero-order chi connectivity index (χ0) is 8.85. The maximum atomic E-state index is 10.8. The van der Waals surface area contributed by atoms with Gasteiger partial charge in [-0.15, -0.1) is 11.6 Å². The lowest BCUT2D eigenvalue weighted by molar-refractivity contribution is -0.141. The van der Waals surface area contributed by atoms with Gasteiger partial charge in [0.05, 0.1) is 0 Å². The van der Waals surface area contributed by atoms with Gasteiger partial charge in [-0.25, -0.2) is 0 Å². The van der Waals surface area contributed by atoms with Gasteiger partial charge in [-0.3, -0.25) is 9.59 Å². The van der Waals surface area contributed by atoms with Crippen molar-refractivity contribution >= 4 is 23.4 Å². The van der Waals surface area contributed by atoms with Gasteiger partial charge >= 0.3 is 5.97 Å². The highest BCUT2D eigenvalue weighted by Gasteiger charge is 2.13. The minimum atomic E-state index is -0.691. The SMILES string of the molecule is CCC(=O)C(Cl)COC(C)=O. The van der Waals surface area contributed by atoms with Gasteiger partial charge in [-0.05, 0) is 0 Å². The normalized spacial score (nSPS) is 12.3. The predicted octanol–water partition coefficient (Wildman–Crippen LogP) is 1.14. The van der Waals surface area contributed by atoms with Crippen LogP contribution in [0.1, 0.15) is 20.3 Å². The molecule has 0 amide bonds. The molecule has 0 spiro atoms. The molecule has 4 heteroatoms. The summed E-state index contributed by atoms with van der Waals surface area (Å²) >= 11 is 5.55. The van der Waals surface area contributed by atoms with Crippen molar-refractivity contribution in [2.45, 2.75) is 25.6 Å². The van der Waals surface area contributed by atoms with E-state index in [1.807, 2.05) is 0 Å². The van der Waals surface area contributed by atoms with Crippen LogP contribution < -0.4 is 0 Å². The highest BCUT2D eigenvalue weighted by molar-refractivity contribution is 6.31. The Morgan fingerprint density at radius 2 is 2.09 bits per heavy atom. The molecule has 0 aromatic heterocycles. The molecule has 0 rings (SSSR count). The van der Waals surface area contributed by atoms with Crippen molar-refractivity contribution in [3.63, 3.8) is 0 Å². The molecule has 0 fully saturated rings. The maximum absolute atomic E-state index is 10.8. The van der Waals surface area contributed by atoms with E-state index < -0.39 is 11.3 Å². The van der Waals surface area contributed by atoms with Crippen molar-refractivity contribution < 1.29 is 14.3 Å². The van der Waals surface area contributed by atoms with Crippen LogP contribution in [0.3, 0.4) is 0 Å². The Balaban J connectivity index is 3.60. The molecule has 0 aliphatic rings. The quantitative estimate of drug-likeness (QED) is 0.479. The number of halogens is 1. The van der Waals surface area contributed by atoms with E-state index in [-0.39, 0.29) is 12.4 Å². The van der Waals surface area contributed by atoms with Crippen LogP contribution in [0.2, 0.25) is 0 Å². The molecule has 0 saturated carbocycles. The first kappa shape index (κ1) is 10.4. The molecule has 11 heavy (non-hydrogen) atoms. The largest absolute Gasteiger partial charge is 0.464 e. The summed E-state index contributed by atoms with van der Waals surface area (Å²) in [6.07, 6.45) is 0.370. The molecule has 0 N–H and O–H groups in total. The van der Waals surface area contributed by atoms with Crippen molar-refractivity contribution in [3.8, 4) is 0 Å². The summed E-state index contributed by atoms with van der Waals surface area (Å²) < 4.78 is 4.53. The van der Waals surface area contributed by atoms with Gasteiger partial charge in [-0.2, -0.15) is 0 Å². The lowest BCUT2D eigenvalue weighted by Crippen LogP contribution is -2.20. The third-order valence-electron chi connectivity index (χ3n) is 1.13. The van der Waals surface area contributed by atoms with Crippen molar-refractivity contribution in [3.05, 3.63) is 0 Å². The number of hydrogen-bond donors (Lipinski definition) is 0. The van der Waals surface area contributed by atoms with E-state index in [9.17, 15) is 9.59 Å². The van der Waals surface area contributed by atoms with E-state index in [4.69, 9.17) is 11.6 Å². The lowest BCUT2D eigenvalue weighted by atomic mass is 10.2. The molecular weight excluding hydrogens is 168 g/mol. The van der Waals surface area contributed by atoms with Crippen molar-refractivity contribution in [2.75, 3.05) is 6.61 Å². The standard InChI is InChI=1S/C7H11ClO3/c1-3-7(10)6(8)4-11-5(2)9/h6H,3-4H2,1-2H3. The number of ketones is 1. The molecule has 0 radical (unpaired) electrons. The van der Waals surface area contributed by atoms with E-state index in [0.717, 1.165) is 0 Å². The number of alkyl halides is 1. The lowest BCUT2D eigenvalue weighted by Gasteiger charge is -2.05. The van der Waals surface area contributed by atoms with Crippen LogP contribution >= 0.6 is 11.6 Å². The third-order valence-corrected chi connectivity index (χ3v) is 1.50. The first-order chi connectivity index (χ1) is 5.07. The average Bonchev–Trinajstić information content (AvgIpc) is 1.98. The van der Waals surface area contributed by atoms with Crippen LogP contribution in [0.4, 0.5) is 0 Å². The van der Waals surface area contributed by atoms with Crippen LogP contribution in [-0.4, -0.2) is 23.7 Å². The van der Waals surface area contributed by atoms with E-state index in [0.29, 0.717) is 6.42 Å². The van der Waals surface area contributed by atoms with Gasteiger partial charge in [0.2, 0.25) is 0 Å². The van der Waals surface area contributed by atoms with Crippen molar-refractivity contribution in [1.29, 1.82) is 0 Å². The zero-order valence-corrected chi connectivity index (χ0v) is 7.35. The second kappa shape index (κ2) is 5.13. The minimum absolute atomic E-state index is 0.0242. The summed E-state index contributed by atoms with van der Waals surface area (Å²) in [7, 11) is 0. The first-order valence-corrected chi connectivity index (χ1v) is 3.81. The molecule has 1 atom stereocenters. The summed E-state index contributed by atoms with van der Waals surface area (Å²) in [6, 6.07) is 0. The second-order valence-electron chi connectivity index (χ2n) is 2.09. The summed E-state index contributed by atoms with van der Waals surface area (Å²) in [5, 5.41) is -0.691. The summed E-state index contributed by atoms with van der Waals surface area (Å²) in [6.45, 7) is 2.97. The fourth-order valence-corrected chi connectivity index (χ4v) is 0.722. The summed E-state index contributed by atoms with van der Waals surface area (Å²) in [5.74, 6) is -0.521. The Morgan fingerprint density at radius 1 is 1.55 bits per heavy atom. The Morgan fingerprint density at radius 3 is 2.45 bits per heavy atom. The molecule has 0 aromatic carbocycles. The van der Waals surface area contributed by atoms with E-state index in [2.05, 4.69) is 4.74 Å². The van der Waals surface area contributed by atoms with Gasteiger partial charge in [0.1, 0.15) is 12.0 Å². The number of ether oxygens (including phenoxy) is 1. The predicted molar refractivity (Wildman–Crippen MR) is 41.6 cm³/mol. The molecular formula is C7H11ClO3. The number of esters is 1.